The molecule has 0 heterocycles. The zero-order valence-electron chi connectivity index (χ0n) is 11.4. The van der Waals surface area contributed by atoms with E-state index in [0.29, 0.717) is 11.3 Å². The van der Waals surface area contributed by atoms with Crippen molar-refractivity contribution in [3.63, 3.8) is 0 Å². The van der Waals surface area contributed by atoms with Crippen LogP contribution in [0.4, 0.5) is 0 Å². The van der Waals surface area contributed by atoms with Gasteiger partial charge in [-0.15, -0.1) is 0 Å². The lowest BCUT2D eigenvalue weighted by molar-refractivity contribution is 0.0943. The zero-order chi connectivity index (χ0) is 14.5. The van der Waals surface area contributed by atoms with Gasteiger partial charge < -0.3 is 18.9 Å². The van der Waals surface area contributed by atoms with Crippen LogP contribution < -0.4 is 9.84 Å². The molecule has 0 bridgehead atoms. The van der Waals surface area contributed by atoms with Crippen LogP contribution in [0.3, 0.4) is 0 Å². The van der Waals surface area contributed by atoms with Crippen molar-refractivity contribution >= 4 is 24.4 Å². The summed E-state index contributed by atoms with van der Waals surface area (Å²) in [5, 5.41) is 2.81. The molecule has 0 aliphatic heterocycles. The van der Waals surface area contributed by atoms with E-state index in [0.717, 1.165) is 0 Å². The SMILES string of the molecule is COP(=S)(OC)Oc1ccc(C(=O)NC(C)C)cc1. The second kappa shape index (κ2) is 7.01. The first-order valence-corrected chi connectivity index (χ1v) is 8.28. The molecule has 0 aromatic heterocycles. The van der Waals surface area contributed by atoms with E-state index in [1.807, 2.05) is 13.8 Å². The molecule has 0 unspecified atom stereocenters. The van der Waals surface area contributed by atoms with Gasteiger partial charge >= 0.3 is 6.72 Å². The molecule has 0 aliphatic rings. The lowest BCUT2D eigenvalue weighted by Gasteiger charge is -2.18. The number of rotatable bonds is 6. The Balaban J connectivity index is 2.77. The quantitative estimate of drug-likeness (QED) is 0.819. The molecule has 0 fully saturated rings. The molecule has 1 rings (SSSR count). The average Bonchev–Trinajstić information content (AvgIpc) is 2.38. The van der Waals surface area contributed by atoms with Crippen LogP contribution >= 0.6 is 6.72 Å². The van der Waals surface area contributed by atoms with Crippen LogP contribution in [0, 0.1) is 0 Å². The molecule has 0 saturated carbocycles. The lowest BCUT2D eigenvalue weighted by atomic mass is 10.2. The van der Waals surface area contributed by atoms with Gasteiger partial charge in [-0.1, -0.05) is 0 Å². The van der Waals surface area contributed by atoms with Gasteiger partial charge in [0.1, 0.15) is 5.75 Å². The average molecular weight is 303 g/mol. The molecule has 0 spiro atoms. The second-order valence-corrected chi connectivity index (χ2v) is 7.21. The summed E-state index contributed by atoms with van der Waals surface area (Å²) in [7, 11) is 2.88. The molecule has 1 aromatic carbocycles. The molecule has 0 saturated heterocycles. The molecule has 1 N–H and O–H groups in total. The van der Waals surface area contributed by atoms with Crippen molar-refractivity contribution in [3.05, 3.63) is 29.8 Å². The molecule has 106 valence electrons. The summed E-state index contributed by atoms with van der Waals surface area (Å²) in [4.78, 5) is 11.7. The molecule has 19 heavy (non-hydrogen) atoms. The first-order valence-electron chi connectivity index (χ1n) is 5.72. The molecule has 7 heteroatoms. The maximum atomic E-state index is 11.7. The Labute approximate surface area is 118 Å². The van der Waals surface area contributed by atoms with E-state index in [1.54, 1.807) is 24.3 Å². The van der Waals surface area contributed by atoms with E-state index in [4.69, 9.17) is 25.4 Å². The highest BCUT2D eigenvalue weighted by atomic mass is 32.5. The van der Waals surface area contributed by atoms with Gasteiger partial charge in [0.15, 0.2) is 0 Å². The third-order valence-electron chi connectivity index (χ3n) is 2.20. The van der Waals surface area contributed by atoms with Crippen molar-refractivity contribution < 1.29 is 18.4 Å². The molecule has 0 aliphatic carbocycles. The number of carbonyl (C=O) groups is 1. The van der Waals surface area contributed by atoms with E-state index < -0.39 is 6.72 Å². The third-order valence-corrected chi connectivity index (χ3v) is 4.65. The highest BCUT2D eigenvalue weighted by Gasteiger charge is 2.18. The van der Waals surface area contributed by atoms with Gasteiger partial charge in [0.2, 0.25) is 0 Å². The predicted molar refractivity (Wildman–Crippen MR) is 78.0 cm³/mol. The fourth-order valence-electron chi connectivity index (χ4n) is 1.29. The van der Waals surface area contributed by atoms with Crippen LogP contribution in [0.1, 0.15) is 24.2 Å². The van der Waals surface area contributed by atoms with Gasteiger partial charge in [0.25, 0.3) is 5.91 Å². The fraction of sp³-hybridized carbons (Fsp3) is 0.417. The summed E-state index contributed by atoms with van der Waals surface area (Å²) in [6.45, 7) is 1.08. The number of amides is 1. The summed E-state index contributed by atoms with van der Waals surface area (Å²) in [5.74, 6) is 0.382. The third kappa shape index (κ3) is 4.91. The van der Waals surface area contributed by atoms with Crippen LogP contribution in [0.5, 0.6) is 5.75 Å². The van der Waals surface area contributed by atoms with Crippen LogP contribution in [-0.2, 0) is 20.9 Å². The largest absolute Gasteiger partial charge is 0.424 e. The Hall–Kier alpha value is -0.940. The normalized spacial score (nSPS) is 11.4. The van der Waals surface area contributed by atoms with Gasteiger partial charge in [-0.25, -0.2) is 0 Å². The number of hydrogen-bond acceptors (Lipinski definition) is 5. The smallest absolute Gasteiger partial charge is 0.380 e. The Morgan fingerprint density at radius 1 is 1.21 bits per heavy atom. The first kappa shape index (κ1) is 16.1. The van der Waals surface area contributed by atoms with Crippen molar-refractivity contribution in [2.75, 3.05) is 14.2 Å². The van der Waals surface area contributed by atoms with Gasteiger partial charge in [0, 0.05) is 37.6 Å². The van der Waals surface area contributed by atoms with E-state index in [1.165, 1.54) is 14.2 Å². The Morgan fingerprint density at radius 3 is 2.16 bits per heavy atom. The second-order valence-electron chi connectivity index (χ2n) is 4.06. The van der Waals surface area contributed by atoms with Gasteiger partial charge in [-0.3, -0.25) is 4.79 Å². The number of hydrogen-bond donors (Lipinski definition) is 1. The minimum Gasteiger partial charge on any atom is -0.424 e. The van der Waals surface area contributed by atoms with Crippen LogP contribution in [0.15, 0.2) is 24.3 Å². The van der Waals surface area contributed by atoms with E-state index in [-0.39, 0.29) is 11.9 Å². The van der Waals surface area contributed by atoms with E-state index >= 15 is 0 Å². The molecular formula is C12H18NO4PS. The highest BCUT2D eigenvalue weighted by molar-refractivity contribution is 8.07. The van der Waals surface area contributed by atoms with E-state index in [9.17, 15) is 4.79 Å². The maximum Gasteiger partial charge on any atom is 0.380 e. The lowest BCUT2D eigenvalue weighted by Crippen LogP contribution is -2.29. The summed E-state index contributed by atoms with van der Waals surface area (Å²) < 4.78 is 15.5. The highest BCUT2D eigenvalue weighted by Crippen LogP contribution is 2.48. The molecule has 0 radical (unpaired) electrons. The first-order chi connectivity index (χ1) is 8.90. The maximum absolute atomic E-state index is 11.7. The molecule has 0 atom stereocenters. The van der Waals surface area contributed by atoms with Crippen molar-refractivity contribution in [2.24, 2.45) is 0 Å². The number of benzene rings is 1. The van der Waals surface area contributed by atoms with Gasteiger partial charge in [-0.2, -0.15) is 0 Å². The standard InChI is InChI=1S/C12H18NO4PS/c1-9(2)13-12(14)10-5-7-11(8-6-10)17-18(19,15-3)16-4/h5-9H,1-4H3,(H,13,14). The molecular weight excluding hydrogens is 285 g/mol. The topological polar surface area (TPSA) is 56.8 Å². The molecule has 1 amide bonds. The summed E-state index contributed by atoms with van der Waals surface area (Å²) in [6, 6.07) is 6.75. The number of carbonyl (C=O) groups excluding carboxylic acids is 1. The Bertz CT molecular complexity index is 467. The van der Waals surface area contributed by atoms with Crippen LogP contribution in [0.25, 0.3) is 0 Å². The summed E-state index contributed by atoms with van der Waals surface area (Å²) in [6.07, 6.45) is 0. The van der Waals surface area contributed by atoms with Crippen molar-refractivity contribution in [2.45, 2.75) is 19.9 Å². The molecule has 5 nitrogen and oxygen atoms in total. The van der Waals surface area contributed by atoms with Crippen molar-refractivity contribution in [3.8, 4) is 5.75 Å². The van der Waals surface area contributed by atoms with E-state index in [2.05, 4.69) is 5.32 Å². The predicted octanol–water partition coefficient (Wildman–Crippen LogP) is 2.72. The van der Waals surface area contributed by atoms with Crippen LogP contribution in [0.2, 0.25) is 0 Å². The minimum atomic E-state index is -2.73. The molecule has 1 aromatic rings. The van der Waals surface area contributed by atoms with Crippen molar-refractivity contribution in [1.82, 2.24) is 5.32 Å². The van der Waals surface area contributed by atoms with Gasteiger partial charge in [-0.05, 0) is 38.1 Å². The van der Waals surface area contributed by atoms with Crippen LogP contribution in [-0.4, -0.2) is 26.2 Å². The number of nitrogens with one attached hydrogen (secondary N) is 1. The summed E-state index contributed by atoms with van der Waals surface area (Å²) in [5.41, 5.74) is 0.559. The minimum absolute atomic E-state index is 0.0941. The zero-order valence-corrected chi connectivity index (χ0v) is 13.1. The Kier molecular flexibility index (Phi) is 5.94. The van der Waals surface area contributed by atoms with Gasteiger partial charge in [0.05, 0.1) is 0 Å². The monoisotopic (exact) mass is 303 g/mol. The Morgan fingerprint density at radius 2 is 1.74 bits per heavy atom. The summed E-state index contributed by atoms with van der Waals surface area (Å²) >= 11 is 5.09. The van der Waals surface area contributed by atoms with Crippen molar-refractivity contribution in [1.29, 1.82) is 0 Å². The fourth-order valence-corrected chi connectivity index (χ4v) is 2.23.